The van der Waals surface area contributed by atoms with Gasteiger partial charge in [-0.1, -0.05) is 25.7 Å². The number of carbonyl (C=O) groups excluding carboxylic acids is 1. The zero-order chi connectivity index (χ0) is 13.6. The molecule has 1 fully saturated rings. The number of halogens is 1. The number of carbonyl (C=O) groups is 1. The number of hydrogen-bond acceptors (Lipinski definition) is 2. The van der Waals surface area contributed by atoms with Crippen molar-refractivity contribution < 1.29 is 4.79 Å². The lowest BCUT2D eigenvalue weighted by Crippen LogP contribution is -2.41. The lowest BCUT2D eigenvalue weighted by Gasteiger charge is -2.20. The van der Waals surface area contributed by atoms with Crippen LogP contribution in [0.25, 0.3) is 0 Å². The molecule has 5 nitrogen and oxygen atoms in total. The van der Waals surface area contributed by atoms with Crippen molar-refractivity contribution in [3.05, 3.63) is 0 Å². The van der Waals surface area contributed by atoms with Gasteiger partial charge >= 0.3 is 0 Å². The fourth-order valence-electron chi connectivity index (χ4n) is 2.04. The molecule has 0 aromatic carbocycles. The minimum Gasteiger partial charge on any atom is -0.370 e. The summed E-state index contributed by atoms with van der Waals surface area (Å²) in [5, 5.41) is 3.25. The number of amides is 1. The molecule has 0 bridgehead atoms. The van der Waals surface area contributed by atoms with Gasteiger partial charge in [-0.2, -0.15) is 0 Å². The van der Waals surface area contributed by atoms with E-state index < -0.39 is 5.41 Å². The molecule has 0 aromatic heterocycles. The lowest BCUT2D eigenvalue weighted by molar-refractivity contribution is -0.125. The second-order valence-electron chi connectivity index (χ2n) is 5.78. The number of hydrogen-bond donors (Lipinski definition) is 3. The highest BCUT2D eigenvalue weighted by Crippen LogP contribution is 2.17. The number of nitrogens with zero attached hydrogens (tertiary/aromatic N) is 1. The summed E-state index contributed by atoms with van der Waals surface area (Å²) in [6.45, 7) is 3.88. The van der Waals surface area contributed by atoms with Crippen LogP contribution in [0, 0.1) is 5.41 Å². The molecule has 0 saturated heterocycles. The van der Waals surface area contributed by atoms with E-state index in [4.69, 9.17) is 11.5 Å². The molecule has 1 amide bonds. The highest BCUT2D eigenvalue weighted by molar-refractivity contribution is 14.0. The molecule has 112 valence electrons. The Hall–Kier alpha value is -0.530. The Morgan fingerprint density at radius 1 is 1.21 bits per heavy atom. The van der Waals surface area contributed by atoms with E-state index in [1.165, 1.54) is 25.7 Å². The van der Waals surface area contributed by atoms with E-state index >= 15 is 0 Å². The summed E-state index contributed by atoms with van der Waals surface area (Å²) in [5.41, 5.74) is 10.5. The van der Waals surface area contributed by atoms with Crippen molar-refractivity contribution in [3.63, 3.8) is 0 Å². The van der Waals surface area contributed by atoms with Crippen LogP contribution in [0.1, 0.15) is 52.4 Å². The van der Waals surface area contributed by atoms with E-state index in [0.717, 1.165) is 12.8 Å². The molecular weight excluding hydrogens is 355 g/mol. The predicted molar refractivity (Wildman–Crippen MR) is 89.5 cm³/mol. The summed E-state index contributed by atoms with van der Waals surface area (Å²) in [6.07, 6.45) is 7.41. The highest BCUT2D eigenvalue weighted by Gasteiger charge is 2.24. The van der Waals surface area contributed by atoms with Crippen LogP contribution in [0.3, 0.4) is 0 Å². The van der Waals surface area contributed by atoms with Crippen LogP contribution in [0.15, 0.2) is 4.99 Å². The first-order valence-electron chi connectivity index (χ1n) is 6.78. The van der Waals surface area contributed by atoms with E-state index in [1.54, 1.807) is 13.8 Å². The first-order valence-corrected chi connectivity index (χ1v) is 6.78. The minimum atomic E-state index is -0.643. The molecule has 0 atom stereocenters. The zero-order valence-corrected chi connectivity index (χ0v) is 14.3. The number of guanidine groups is 1. The van der Waals surface area contributed by atoms with Gasteiger partial charge < -0.3 is 16.8 Å². The summed E-state index contributed by atoms with van der Waals surface area (Å²) < 4.78 is 0. The Morgan fingerprint density at radius 3 is 2.21 bits per heavy atom. The van der Waals surface area contributed by atoms with Crippen molar-refractivity contribution in [1.29, 1.82) is 0 Å². The van der Waals surface area contributed by atoms with Crippen molar-refractivity contribution in [1.82, 2.24) is 5.32 Å². The molecule has 6 heteroatoms. The Morgan fingerprint density at radius 2 is 1.74 bits per heavy atom. The summed E-state index contributed by atoms with van der Waals surface area (Å²) in [6, 6.07) is 0.424. The molecular formula is C13H27IN4O. The van der Waals surface area contributed by atoms with E-state index in [1.807, 2.05) is 0 Å². The summed E-state index contributed by atoms with van der Waals surface area (Å²) in [7, 11) is 0. The van der Waals surface area contributed by atoms with Crippen molar-refractivity contribution in [2.45, 2.75) is 58.4 Å². The molecule has 19 heavy (non-hydrogen) atoms. The second-order valence-corrected chi connectivity index (χ2v) is 5.78. The molecule has 0 aliphatic heterocycles. The van der Waals surface area contributed by atoms with Crippen LogP contribution < -0.4 is 16.8 Å². The largest absolute Gasteiger partial charge is 0.370 e. The average Bonchev–Trinajstić information content (AvgIpc) is 2.55. The van der Waals surface area contributed by atoms with E-state index in [-0.39, 0.29) is 29.9 Å². The van der Waals surface area contributed by atoms with Gasteiger partial charge in [-0.3, -0.25) is 9.79 Å². The van der Waals surface area contributed by atoms with Gasteiger partial charge in [0, 0.05) is 6.04 Å². The monoisotopic (exact) mass is 382 g/mol. The summed E-state index contributed by atoms with van der Waals surface area (Å²) >= 11 is 0. The second kappa shape index (κ2) is 8.60. The minimum absolute atomic E-state index is 0. The van der Waals surface area contributed by atoms with E-state index in [2.05, 4.69) is 10.3 Å². The maximum absolute atomic E-state index is 11.2. The van der Waals surface area contributed by atoms with Gasteiger partial charge in [0.05, 0.1) is 12.0 Å². The molecule has 1 saturated carbocycles. The zero-order valence-electron chi connectivity index (χ0n) is 11.9. The quantitative estimate of drug-likeness (QED) is 0.299. The number of nitrogens with two attached hydrogens (primary N) is 2. The van der Waals surface area contributed by atoms with E-state index in [0.29, 0.717) is 18.5 Å². The summed E-state index contributed by atoms with van der Waals surface area (Å²) in [4.78, 5) is 15.4. The van der Waals surface area contributed by atoms with Gasteiger partial charge in [0.1, 0.15) is 0 Å². The Balaban J connectivity index is 0.00000324. The number of rotatable bonds is 4. The van der Waals surface area contributed by atoms with Gasteiger partial charge in [-0.25, -0.2) is 0 Å². The van der Waals surface area contributed by atoms with Crippen LogP contribution in [-0.4, -0.2) is 24.5 Å². The van der Waals surface area contributed by atoms with Crippen molar-refractivity contribution in [2.75, 3.05) is 6.54 Å². The maximum Gasteiger partial charge on any atom is 0.224 e. The molecule has 1 aliphatic carbocycles. The third kappa shape index (κ3) is 6.98. The van der Waals surface area contributed by atoms with Crippen LogP contribution in [0.4, 0.5) is 0 Å². The standard InChI is InChI=1S/C13H26N4O.HI/c1-13(2,11(14)18)9-16-12(15)17-10-7-5-3-4-6-8-10;/h10H,3-9H2,1-2H3,(H2,14,18)(H3,15,16,17);1H. The first kappa shape index (κ1) is 18.5. The SMILES string of the molecule is CC(C)(CN=C(N)NC1CCCCCC1)C(N)=O.I. The molecule has 0 unspecified atom stereocenters. The van der Waals surface area contributed by atoms with Crippen molar-refractivity contribution >= 4 is 35.8 Å². The van der Waals surface area contributed by atoms with Gasteiger partial charge in [-0.15, -0.1) is 24.0 Å². The van der Waals surface area contributed by atoms with Crippen LogP contribution in [0.5, 0.6) is 0 Å². The van der Waals surface area contributed by atoms with Crippen LogP contribution in [0.2, 0.25) is 0 Å². The Labute approximate surface area is 133 Å². The molecule has 1 rings (SSSR count). The number of aliphatic imine (C=N–C) groups is 1. The van der Waals surface area contributed by atoms with Crippen LogP contribution >= 0.6 is 24.0 Å². The fourth-order valence-corrected chi connectivity index (χ4v) is 2.04. The predicted octanol–water partition coefficient (Wildman–Crippen LogP) is 1.74. The summed E-state index contributed by atoms with van der Waals surface area (Å²) in [5.74, 6) is 0.0738. The van der Waals surface area contributed by atoms with Gasteiger partial charge in [0.25, 0.3) is 0 Å². The first-order chi connectivity index (χ1) is 8.42. The topological polar surface area (TPSA) is 93.5 Å². The third-order valence-electron chi connectivity index (χ3n) is 3.52. The Kier molecular flexibility index (Phi) is 8.36. The highest BCUT2D eigenvalue weighted by atomic mass is 127. The maximum atomic E-state index is 11.2. The van der Waals surface area contributed by atoms with Gasteiger partial charge in [0.2, 0.25) is 5.91 Å². The molecule has 0 aromatic rings. The van der Waals surface area contributed by atoms with Gasteiger partial charge in [-0.05, 0) is 26.7 Å². The molecule has 0 radical (unpaired) electrons. The molecule has 0 spiro atoms. The molecule has 0 heterocycles. The third-order valence-corrected chi connectivity index (χ3v) is 3.52. The fraction of sp³-hybridized carbons (Fsp3) is 0.846. The molecule has 5 N–H and O–H groups in total. The number of nitrogens with one attached hydrogen (secondary N) is 1. The van der Waals surface area contributed by atoms with Crippen LogP contribution in [-0.2, 0) is 4.79 Å². The van der Waals surface area contributed by atoms with Crippen molar-refractivity contribution in [3.8, 4) is 0 Å². The average molecular weight is 382 g/mol. The number of primary amides is 1. The Bertz CT molecular complexity index is 310. The van der Waals surface area contributed by atoms with Gasteiger partial charge in [0.15, 0.2) is 5.96 Å². The van der Waals surface area contributed by atoms with Crippen molar-refractivity contribution in [2.24, 2.45) is 21.9 Å². The van der Waals surface area contributed by atoms with E-state index in [9.17, 15) is 4.79 Å². The lowest BCUT2D eigenvalue weighted by atomic mass is 9.93. The smallest absolute Gasteiger partial charge is 0.224 e. The molecule has 1 aliphatic rings. The normalized spacial score (nSPS) is 18.3.